The molecule has 0 saturated carbocycles. The fourth-order valence-electron chi connectivity index (χ4n) is 0.705. The summed E-state index contributed by atoms with van der Waals surface area (Å²) in [5.74, 6) is -0.891. The van der Waals surface area contributed by atoms with Gasteiger partial charge in [0.1, 0.15) is 0 Å². The third-order valence-electron chi connectivity index (χ3n) is 1.68. The zero-order chi connectivity index (χ0) is 12.1. The minimum atomic E-state index is -0.830. The Bertz CT molecular complexity index is 227. The van der Waals surface area contributed by atoms with Gasteiger partial charge in [0, 0.05) is 0 Å². The lowest BCUT2D eigenvalue weighted by Crippen LogP contribution is -2.32. The highest BCUT2D eigenvalue weighted by Crippen LogP contribution is 2.16. The van der Waals surface area contributed by atoms with Crippen molar-refractivity contribution in [1.82, 2.24) is 0 Å². The van der Waals surface area contributed by atoms with E-state index >= 15 is 0 Å². The lowest BCUT2D eigenvalue weighted by Gasteiger charge is -2.19. The van der Waals surface area contributed by atoms with Crippen molar-refractivity contribution in [3.63, 3.8) is 0 Å². The Morgan fingerprint density at radius 3 is 2.20 bits per heavy atom. The molecule has 88 valence electrons. The highest BCUT2D eigenvalue weighted by molar-refractivity contribution is 5.81. The number of rotatable bonds is 4. The van der Waals surface area contributed by atoms with Crippen LogP contribution in [0.4, 0.5) is 0 Å². The smallest absolute Gasteiger partial charge is 0.347 e. The van der Waals surface area contributed by atoms with Gasteiger partial charge in [-0.05, 0) is 34.1 Å². The lowest BCUT2D eigenvalue weighted by atomic mass is 9.97. The van der Waals surface area contributed by atoms with Gasteiger partial charge in [-0.25, -0.2) is 4.79 Å². The molecule has 0 aliphatic carbocycles. The molecule has 0 saturated heterocycles. The van der Waals surface area contributed by atoms with Gasteiger partial charge in [0.05, 0.1) is 12.0 Å². The molecule has 0 spiro atoms. The van der Waals surface area contributed by atoms with Crippen LogP contribution in [0.3, 0.4) is 0 Å². The molecule has 15 heavy (non-hydrogen) atoms. The van der Waals surface area contributed by atoms with Crippen molar-refractivity contribution in [2.24, 2.45) is 5.41 Å². The lowest BCUT2D eigenvalue weighted by molar-refractivity contribution is -0.171. The van der Waals surface area contributed by atoms with Crippen molar-refractivity contribution in [2.45, 2.75) is 47.1 Å². The standard InChI is InChI=1S/C11H20O4/c1-6-7-14-9(12)8(2)15-10(13)11(3,4)5/h8H,6-7H2,1-5H3/t8-/m0/s1. The number of hydrogen-bond acceptors (Lipinski definition) is 4. The van der Waals surface area contributed by atoms with E-state index in [1.807, 2.05) is 6.92 Å². The second-order valence-electron chi connectivity index (χ2n) is 4.47. The fraction of sp³-hybridized carbons (Fsp3) is 0.818. The van der Waals surface area contributed by atoms with Gasteiger partial charge in [-0.2, -0.15) is 0 Å². The Labute approximate surface area is 90.9 Å². The van der Waals surface area contributed by atoms with Crippen LogP contribution in [0.5, 0.6) is 0 Å². The molecule has 0 aliphatic rings. The van der Waals surface area contributed by atoms with Crippen LogP contribution in [0, 0.1) is 5.41 Å². The number of esters is 2. The van der Waals surface area contributed by atoms with Crippen molar-refractivity contribution >= 4 is 11.9 Å². The molecule has 4 nitrogen and oxygen atoms in total. The largest absolute Gasteiger partial charge is 0.463 e. The molecule has 0 N–H and O–H groups in total. The molecule has 0 aromatic rings. The first-order valence-electron chi connectivity index (χ1n) is 5.16. The van der Waals surface area contributed by atoms with Crippen molar-refractivity contribution < 1.29 is 19.1 Å². The van der Waals surface area contributed by atoms with Crippen molar-refractivity contribution in [1.29, 1.82) is 0 Å². The quantitative estimate of drug-likeness (QED) is 0.674. The van der Waals surface area contributed by atoms with E-state index in [0.29, 0.717) is 6.61 Å². The average Bonchev–Trinajstić information content (AvgIpc) is 2.12. The van der Waals surface area contributed by atoms with Crippen LogP contribution in [0.15, 0.2) is 0 Å². The molecule has 0 aromatic carbocycles. The summed E-state index contributed by atoms with van der Waals surface area (Å²) in [5.41, 5.74) is -0.598. The van der Waals surface area contributed by atoms with E-state index in [1.165, 1.54) is 6.92 Å². The zero-order valence-electron chi connectivity index (χ0n) is 10.1. The molecule has 0 fully saturated rings. The summed E-state index contributed by atoms with van der Waals surface area (Å²) >= 11 is 0. The van der Waals surface area contributed by atoms with Crippen LogP contribution in [0.2, 0.25) is 0 Å². The van der Waals surface area contributed by atoms with Gasteiger partial charge in [-0.3, -0.25) is 4.79 Å². The van der Waals surface area contributed by atoms with E-state index in [0.717, 1.165) is 6.42 Å². The first kappa shape index (κ1) is 13.9. The van der Waals surface area contributed by atoms with Crippen LogP contribution >= 0.6 is 0 Å². The molecule has 0 bridgehead atoms. The monoisotopic (exact) mass is 216 g/mol. The first-order valence-corrected chi connectivity index (χ1v) is 5.16. The van der Waals surface area contributed by atoms with Crippen molar-refractivity contribution in [3.05, 3.63) is 0 Å². The second-order valence-corrected chi connectivity index (χ2v) is 4.47. The maximum Gasteiger partial charge on any atom is 0.347 e. The molecule has 0 amide bonds. The first-order chi connectivity index (χ1) is 6.79. The van der Waals surface area contributed by atoms with E-state index in [9.17, 15) is 9.59 Å². The van der Waals surface area contributed by atoms with Crippen LogP contribution in [-0.2, 0) is 19.1 Å². The zero-order valence-corrected chi connectivity index (χ0v) is 10.1. The number of carbonyl (C=O) groups excluding carboxylic acids is 2. The Kier molecular flexibility index (Phi) is 5.33. The van der Waals surface area contributed by atoms with Crippen LogP contribution in [0.25, 0.3) is 0 Å². The van der Waals surface area contributed by atoms with Gasteiger partial charge in [0.25, 0.3) is 0 Å². The third kappa shape index (κ3) is 5.40. The summed E-state index contributed by atoms with van der Waals surface area (Å²) in [6.07, 6.45) is -0.0747. The van der Waals surface area contributed by atoms with Gasteiger partial charge in [-0.1, -0.05) is 6.92 Å². The summed E-state index contributed by atoms with van der Waals surface area (Å²) in [5, 5.41) is 0. The van der Waals surface area contributed by atoms with E-state index in [2.05, 4.69) is 0 Å². The Morgan fingerprint density at radius 2 is 1.80 bits per heavy atom. The van der Waals surface area contributed by atoms with Gasteiger partial charge in [0.2, 0.25) is 0 Å². The molecule has 0 aromatic heterocycles. The van der Waals surface area contributed by atoms with Gasteiger partial charge in [0.15, 0.2) is 6.10 Å². The summed E-state index contributed by atoms with van der Waals surface area (Å²) < 4.78 is 9.81. The summed E-state index contributed by atoms with van der Waals surface area (Å²) in [7, 11) is 0. The van der Waals surface area contributed by atoms with E-state index in [-0.39, 0.29) is 0 Å². The Morgan fingerprint density at radius 1 is 1.27 bits per heavy atom. The number of hydrogen-bond donors (Lipinski definition) is 0. The minimum absolute atomic E-state index is 0.357. The topological polar surface area (TPSA) is 52.6 Å². The van der Waals surface area contributed by atoms with Gasteiger partial charge in [-0.15, -0.1) is 0 Å². The van der Waals surface area contributed by atoms with Crippen LogP contribution < -0.4 is 0 Å². The minimum Gasteiger partial charge on any atom is -0.463 e. The van der Waals surface area contributed by atoms with Crippen LogP contribution in [0.1, 0.15) is 41.0 Å². The molecule has 0 aliphatic heterocycles. The molecule has 0 radical (unpaired) electrons. The normalized spacial score (nSPS) is 13.1. The molecule has 0 rings (SSSR count). The highest BCUT2D eigenvalue weighted by Gasteiger charge is 2.27. The average molecular weight is 216 g/mol. The molecule has 0 heterocycles. The molecule has 1 atom stereocenters. The van der Waals surface area contributed by atoms with Crippen molar-refractivity contribution in [3.8, 4) is 0 Å². The summed E-state index contributed by atoms with van der Waals surface area (Å²) in [6, 6.07) is 0. The third-order valence-corrected chi connectivity index (χ3v) is 1.68. The maximum absolute atomic E-state index is 11.4. The molecule has 4 heteroatoms. The maximum atomic E-state index is 11.4. The van der Waals surface area contributed by atoms with Gasteiger partial charge >= 0.3 is 11.9 Å². The van der Waals surface area contributed by atoms with E-state index < -0.39 is 23.5 Å². The molecular formula is C11H20O4. The predicted molar refractivity (Wildman–Crippen MR) is 56.3 cm³/mol. The molecular weight excluding hydrogens is 196 g/mol. The Hall–Kier alpha value is -1.06. The van der Waals surface area contributed by atoms with Crippen LogP contribution in [-0.4, -0.2) is 24.6 Å². The van der Waals surface area contributed by atoms with E-state index in [1.54, 1.807) is 20.8 Å². The number of ether oxygens (including phenoxy) is 2. The van der Waals surface area contributed by atoms with Gasteiger partial charge < -0.3 is 9.47 Å². The Balaban J connectivity index is 4.08. The fourth-order valence-corrected chi connectivity index (χ4v) is 0.705. The highest BCUT2D eigenvalue weighted by atomic mass is 16.6. The number of carbonyl (C=O) groups is 2. The molecule has 0 unspecified atom stereocenters. The van der Waals surface area contributed by atoms with E-state index in [4.69, 9.17) is 9.47 Å². The summed E-state index contributed by atoms with van der Waals surface area (Å²) in [6.45, 7) is 8.98. The SMILES string of the molecule is CCCOC(=O)[C@H](C)OC(=O)C(C)(C)C. The second kappa shape index (κ2) is 5.73. The summed E-state index contributed by atoms with van der Waals surface area (Å²) in [4.78, 5) is 22.7. The van der Waals surface area contributed by atoms with Crippen molar-refractivity contribution in [2.75, 3.05) is 6.61 Å². The predicted octanol–water partition coefficient (Wildman–Crippen LogP) is 1.92.